The van der Waals surface area contributed by atoms with Crippen LogP contribution >= 0.6 is 0 Å². The SMILES string of the molecule is CCCCCCCCC(CCCCCC)COc1ccc(B2OC(C)(C)C(C)(C)O2)c2ccccc12. The molecule has 0 N–H and O–H groups in total. The van der Waals surface area contributed by atoms with Gasteiger partial charge in [0.05, 0.1) is 17.8 Å². The minimum atomic E-state index is -0.368. The van der Waals surface area contributed by atoms with Gasteiger partial charge in [0.25, 0.3) is 0 Å². The maximum atomic E-state index is 6.55. The summed E-state index contributed by atoms with van der Waals surface area (Å²) in [5.74, 6) is 1.61. The van der Waals surface area contributed by atoms with Gasteiger partial charge in [0.15, 0.2) is 0 Å². The van der Waals surface area contributed by atoms with E-state index in [1.807, 2.05) is 0 Å². The predicted molar refractivity (Wildman–Crippen MR) is 155 cm³/mol. The van der Waals surface area contributed by atoms with Crippen LogP contribution < -0.4 is 10.2 Å². The van der Waals surface area contributed by atoms with Gasteiger partial charge in [-0.2, -0.15) is 0 Å². The van der Waals surface area contributed by atoms with Crippen LogP contribution in [0.15, 0.2) is 36.4 Å². The molecule has 1 fully saturated rings. The van der Waals surface area contributed by atoms with Crippen molar-refractivity contribution >= 4 is 23.4 Å². The van der Waals surface area contributed by atoms with E-state index in [4.69, 9.17) is 14.0 Å². The predicted octanol–water partition coefficient (Wildman–Crippen LogP) is 8.86. The van der Waals surface area contributed by atoms with Gasteiger partial charge in [0, 0.05) is 5.39 Å². The van der Waals surface area contributed by atoms with Crippen LogP contribution in [0.5, 0.6) is 5.75 Å². The van der Waals surface area contributed by atoms with Gasteiger partial charge in [-0.15, -0.1) is 0 Å². The highest BCUT2D eigenvalue weighted by molar-refractivity contribution is 6.65. The van der Waals surface area contributed by atoms with Gasteiger partial charge >= 0.3 is 7.12 Å². The van der Waals surface area contributed by atoms with Crippen molar-refractivity contribution in [3.63, 3.8) is 0 Å². The molecule has 0 aromatic heterocycles. The second-order valence-electron chi connectivity index (χ2n) is 11.9. The number of hydrogen-bond acceptors (Lipinski definition) is 3. The van der Waals surface area contributed by atoms with E-state index in [0.29, 0.717) is 5.92 Å². The number of hydrogen-bond donors (Lipinski definition) is 0. The van der Waals surface area contributed by atoms with Crippen LogP contribution in [-0.4, -0.2) is 24.9 Å². The van der Waals surface area contributed by atoms with Gasteiger partial charge in [0.1, 0.15) is 5.75 Å². The molecule has 0 aliphatic carbocycles. The molecule has 2 aromatic rings. The first-order valence-corrected chi connectivity index (χ1v) is 14.8. The van der Waals surface area contributed by atoms with E-state index in [-0.39, 0.29) is 18.3 Å². The zero-order valence-corrected chi connectivity index (χ0v) is 24.0. The second-order valence-corrected chi connectivity index (χ2v) is 11.9. The fraction of sp³-hybridized carbons (Fsp3) is 0.688. The maximum absolute atomic E-state index is 6.55. The minimum absolute atomic E-state index is 0.352. The third-order valence-electron chi connectivity index (χ3n) is 8.33. The Labute approximate surface area is 221 Å². The highest BCUT2D eigenvalue weighted by Gasteiger charge is 2.52. The Kier molecular flexibility index (Phi) is 11.2. The van der Waals surface area contributed by atoms with E-state index in [1.54, 1.807) is 0 Å². The molecule has 4 heteroatoms. The standard InChI is InChI=1S/C32H51BO3/c1-7-9-11-13-14-16-20-26(19-15-12-10-8-2)25-34-30-24-23-29(27-21-17-18-22-28(27)30)33-35-31(3,4)32(5,6)36-33/h17-18,21-24,26H,7-16,19-20,25H2,1-6H3. The summed E-state index contributed by atoms with van der Waals surface area (Å²) >= 11 is 0. The number of benzene rings is 2. The first-order valence-electron chi connectivity index (χ1n) is 14.8. The third kappa shape index (κ3) is 7.74. The third-order valence-corrected chi connectivity index (χ3v) is 8.33. The molecule has 200 valence electrons. The van der Waals surface area contributed by atoms with Gasteiger partial charge in [-0.1, -0.05) is 108 Å². The van der Waals surface area contributed by atoms with E-state index in [2.05, 4.69) is 77.9 Å². The summed E-state index contributed by atoms with van der Waals surface area (Å²) in [4.78, 5) is 0. The van der Waals surface area contributed by atoms with Crippen LogP contribution in [0.2, 0.25) is 0 Å². The summed E-state index contributed by atoms with van der Waals surface area (Å²) in [6.07, 6.45) is 16.0. The van der Waals surface area contributed by atoms with Gasteiger partial charge in [-0.3, -0.25) is 0 Å². The zero-order valence-electron chi connectivity index (χ0n) is 24.0. The highest BCUT2D eigenvalue weighted by Crippen LogP contribution is 2.37. The molecule has 1 aliphatic rings. The summed E-state index contributed by atoms with van der Waals surface area (Å²) in [6, 6.07) is 12.8. The van der Waals surface area contributed by atoms with E-state index in [9.17, 15) is 0 Å². The average Bonchev–Trinajstić information content (AvgIpc) is 3.07. The van der Waals surface area contributed by atoms with Crippen molar-refractivity contribution in [2.24, 2.45) is 5.92 Å². The number of rotatable bonds is 16. The molecule has 1 heterocycles. The van der Waals surface area contributed by atoms with E-state index in [0.717, 1.165) is 28.6 Å². The highest BCUT2D eigenvalue weighted by atomic mass is 16.7. The molecule has 0 bridgehead atoms. The van der Waals surface area contributed by atoms with E-state index < -0.39 is 0 Å². The van der Waals surface area contributed by atoms with Crippen molar-refractivity contribution in [2.75, 3.05) is 6.61 Å². The minimum Gasteiger partial charge on any atom is -0.493 e. The summed E-state index contributed by atoms with van der Waals surface area (Å²) in [6.45, 7) is 13.8. The largest absolute Gasteiger partial charge is 0.495 e. The maximum Gasteiger partial charge on any atom is 0.495 e. The van der Waals surface area contributed by atoms with Crippen LogP contribution in [-0.2, 0) is 9.31 Å². The molecular formula is C32H51BO3. The van der Waals surface area contributed by atoms with Crippen molar-refractivity contribution < 1.29 is 14.0 Å². The van der Waals surface area contributed by atoms with Crippen molar-refractivity contribution in [1.29, 1.82) is 0 Å². The van der Waals surface area contributed by atoms with Crippen LogP contribution in [0.1, 0.15) is 119 Å². The number of unbranched alkanes of at least 4 members (excludes halogenated alkanes) is 8. The van der Waals surface area contributed by atoms with Gasteiger partial charge in [-0.05, 0) is 63.4 Å². The Bertz CT molecular complexity index is 907. The lowest BCUT2D eigenvalue weighted by atomic mass is 9.76. The Morgan fingerprint density at radius 1 is 0.694 bits per heavy atom. The molecule has 1 saturated heterocycles. The average molecular weight is 495 g/mol. The molecule has 0 radical (unpaired) electrons. The van der Waals surface area contributed by atoms with Crippen LogP contribution in [0.25, 0.3) is 10.8 Å². The van der Waals surface area contributed by atoms with Gasteiger partial charge in [0.2, 0.25) is 0 Å². The molecule has 1 aliphatic heterocycles. The Hall–Kier alpha value is -1.52. The molecule has 36 heavy (non-hydrogen) atoms. The number of fused-ring (bicyclic) bond motifs is 1. The lowest BCUT2D eigenvalue weighted by molar-refractivity contribution is 0.00578. The van der Waals surface area contributed by atoms with E-state index >= 15 is 0 Å². The number of ether oxygens (including phenoxy) is 1. The van der Waals surface area contributed by atoms with E-state index in [1.165, 1.54) is 77.0 Å². The lowest BCUT2D eigenvalue weighted by Crippen LogP contribution is -2.41. The zero-order chi connectivity index (χ0) is 26.0. The Morgan fingerprint density at radius 2 is 1.22 bits per heavy atom. The fourth-order valence-electron chi connectivity index (χ4n) is 5.19. The summed E-state index contributed by atoms with van der Waals surface area (Å²) < 4.78 is 19.3. The Morgan fingerprint density at radius 3 is 1.83 bits per heavy atom. The van der Waals surface area contributed by atoms with Crippen LogP contribution in [0.3, 0.4) is 0 Å². The molecule has 3 nitrogen and oxygen atoms in total. The molecule has 1 unspecified atom stereocenters. The molecule has 0 amide bonds. The molecule has 2 aromatic carbocycles. The van der Waals surface area contributed by atoms with Crippen LogP contribution in [0.4, 0.5) is 0 Å². The summed E-state index contributed by atoms with van der Waals surface area (Å²) in [7, 11) is -0.368. The smallest absolute Gasteiger partial charge is 0.493 e. The van der Waals surface area contributed by atoms with Crippen molar-refractivity contribution in [3.8, 4) is 5.75 Å². The van der Waals surface area contributed by atoms with Crippen LogP contribution in [0, 0.1) is 5.92 Å². The molecule has 0 saturated carbocycles. The Balaban J connectivity index is 1.68. The molecule has 0 spiro atoms. The van der Waals surface area contributed by atoms with Gasteiger partial charge < -0.3 is 14.0 Å². The van der Waals surface area contributed by atoms with Gasteiger partial charge in [-0.25, -0.2) is 0 Å². The fourth-order valence-corrected chi connectivity index (χ4v) is 5.19. The van der Waals surface area contributed by atoms with Crippen molar-refractivity contribution in [1.82, 2.24) is 0 Å². The van der Waals surface area contributed by atoms with Crippen molar-refractivity contribution in [3.05, 3.63) is 36.4 Å². The molecule has 3 rings (SSSR count). The topological polar surface area (TPSA) is 27.7 Å². The monoisotopic (exact) mass is 494 g/mol. The molecule has 1 atom stereocenters. The first-order chi connectivity index (χ1) is 17.3. The van der Waals surface area contributed by atoms with Crippen molar-refractivity contribution in [2.45, 2.75) is 130 Å². The summed E-state index contributed by atoms with van der Waals surface area (Å²) in [5.41, 5.74) is 0.380. The first kappa shape index (κ1) is 29.0. The molecular weight excluding hydrogens is 443 g/mol. The second kappa shape index (κ2) is 13.9. The quantitative estimate of drug-likeness (QED) is 0.172. The lowest BCUT2D eigenvalue weighted by Gasteiger charge is -2.32. The normalized spacial score (nSPS) is 17.6. The summed E-state index contributed by atoms with van der Waals surface area (Å²) in [5, 5.41) is 2.30.